The van der Waals surface area contributed by atoms with E-state index in [0.29, 0.717) is 23.7 Å². The molecule has 1 aromatic heterocycles. The first-order chi connectivity index (χ1) is 10.1. The average molecular weight is 289 g/mol. The van der Waals surface area contributed by atoms with E-state index < -0.39 is 0 Å². The standard InChI is InChI=1S/C16H20FN3O/c1-4-19-15(13-7-10(2)9-20-16(13)18)12-6-5-11(21-3)8-14(12)17/h5-9,15,19H,4H2,1-3H3,(H2,18,20). The van der Waals surface area contributed by atoms with E-state index in [9.17, 15) is 4.39 Å². The van der Waals surface area contributed by atoms with Crippen LogP contribution in [0, 0.1) is 12.7 Å². The summed E-state index contributed by atoms with van der Waals surface area (Å²) in [6, 6.07) is 6.41. The molecule has 0 fully saturated rings. The van der Waals surface area contributed by atoms with Crippen LogP contribution < -0.4 is 15.8 Å². The van der Waals surface area contributed by atoms with E-state index in [1.165, 1.54) is 13.2 Å². The summed E-state index contributed by atoms with van der Waals surface area (Å²) < 4.78 is 19.4. The van der Waals surface area contributed by atoms with Crippen LogP contribution in [0.15, 0.2) is 30.5 Å². The molecule has 1 heterocycles. The number of aromatic nitrogens is 1. The summed E-state index contributed by atoms with van der Waals surface area (Å²) in [5.74, 6) is 0.560. The molecule has 0 bridgehead atoms. The molecule has 1 atom stereocenters. The highest BCUT2D eigenvalue weighted by atomic mass is 19.1. The second kappa shape index (κ2) is 6.54. The van der Waals surface area contributed by atoms with Crippen molar-refractivity contribution in [2.75, 3.05) is 19.4 Å². The molecule has 0 amide bonds. The maximum atomic E-state index is 14.3. The van der Waals surface area contributed by atoms with Gasteiger partial charge >= 0.3 is 0 Å². The van der Waals surface area contributed by atoms with E-state index in [1.807, 2.05) is 19.9 Å². The monoisotopic (exact) mass is 289 g/mol. The van der Waals surface area contributed by atoms with Gasteiger partial charge in [-0.05, 0) is 31.2 Å². The first kappa shape index (κ1) is 15.3. The first-order valence-electron chi connectivity index (χ1n) is 6.85. The number of rotatable bonds is 5. The molecule has 0 radical (unpaired) electrons. The number of hydrogen-bond donors (Lipinski definition) is 2. The minimum Gasteiger partial charge on any atom is -0.497 e. The fourth-order valence-electron chi connectivity index (χ4n) is 2.29. The highest BCUT2D eigenvalue weighted by molar-refractivity contribution is 5.48. The summed E-state index contributed by atoms with van der Waals surface area (Å²) in [6.07, 6.45) is 1.70. The van der Waals surface area contributed by atoms with Gasteiger partial charge in [-0.2, -0.15) is 0 Å². The van der Waals surface area contributed by atoms with E-state index in [2.05, 4.69) is 10.3 Å². The Balaban J connectivity index is 2.50. The van der Waals surface area contributed by atoms with Crippen molar-refractivity contribution in [1.29, 1.82) is 0 Å². The minimum atomic E-state index is -0.340. The Bertz CT molecular complexity index is 631. The SMILES string of the molecule is CCNC(c1ccc(OC)cc1F)c1cc(C)cnc1N. The van der Waals surface area contributed by atoms with Crippen LogP contribution in [0.25, 0.3) is 0 Å². The molecule has 1 unspecified atom stereocenters. The Labute approximate surface area is 124 Å². The zero-order chi connectivity index (χ0) is 15.4. The molecule has 0 aliphatic carbocycles. The molecule has 5 heteroatoms. The lowest BCUT2D eigenvalue weighted by Crippen LogP contribution is -2.24. The molecule has 4 nitrogen and oxygen atoms in total. The van der Waals surface area contributed by atoms with Crippen molar-refractivity contribution in [3.05, 3.63) is 53.0 Å². The van der Waals surface area contributed by atoms with Crippen LogP contribution in [0.4, 0.5) is 10.2 Å². The third kappa shape index (κ3) is 3.31. The number of nitrogens with one attached hydrogen (secondary N) is 1. The summed E-state index contributed by atoms with van der Waals surface area (Å²) in [5, 5.41) is 3.26. The fourth-order valence-corrected chi connectivity index (χ4v) is 2.29. The van der Waals surface area contributed by atoms with Gasteiger partial charge < -0.3 is 15.8 Å². The van der Waals surface area contributed by atoms with E-state index in [0.717, 1.165) is 11.1 Å². The number of hydrogen-bond acceptors (Lipinski definition) is 4. The summed E-state index contributed by atoms with van der Waals surface area (Å²) >= 11 is 0. The van der Waals surface area contributed by atoms with E-state index >= 15 is 0 Å². The lowest BCUT2D eigenvalue weighted by Gasteiger charge is -2.21. The number of halogens is 1. The zero-order valence-electron chi connectivity index (χ0n) is 12.5. The van der Waals surface area contributed by atoms with Crippen LogP contribution in [-0.2, 0) is 0 Å². The molecular weight excluding hydrogens is 269 g/mol. The quantitative estimate of drug-likeness (QED) is 0.888. The molecule has 1 aromatic carbocycles. The molecule has 0 aliphatic rings. The van der Waals surface area contributed by atoms with Gasteiger partial charge in [0, 0.05) is 23.4 Å². The van der Waals surface area contributed by atoms with E-state index in [4.69, 9.17) is 10.5 Å². The molecule has 2 aromatic rings. The van der Waals surface area contributed by atoms with E-state index in [-0.39, 0.29) is 11.9 Å². The van der Waals surface area contributed by atoms with Gasteiger partial charge in [-0.25, -0.2) is 9.37 Å². The molecule has 0 aliphatic heterocycles. The predicted octanol–water partition coefficient (Wildman–Crippen LogP) is 2.82. The number of pyridine rings is 1. The molecule has 21 heavy (non-hydrogen) atoms. The highest BCUT2D eigenvalue weighted by Crippen LogP contribution is 2.29. The molecule has 0 spiro atoms. The Hall–Kier alpha value is -2.14. The van der Waals surface area contributed by atoms with Crippen molar-refractivity contribution in [3.8, 4) is 5.75 Å². The van der Waals surface area contributed by atoms with Gasteiger partial charge in [0.05, 0.1) is 13.2 Å². The number of nitrogen functional groups attached to an aromatic ring is 1. The third-order valence-corrected chi connectivity index (χ3v) is 3.32. The first-order valence-corrected chi connectivity index (χ1v) is 6.85. The zero-order valence-corrected chi connectivity index (χ0v) is 12.5. The van der Waals surface area contributed by atoms with Crippen LogP contribution in [-0.4, -0.2) is 18.6 Å². The van der Waals surface area contributed by atoms with Gasteiger partial charge in [-0.15, -0.1) is 0 Å². The number of methoxy groups -OCH3 is 1. The lowest BCUT2D eigenvalue weighted by atomic mass is 9.97. The Morgan fingerprint density at radius 2 is 2.10 bits per heavy atom. The van der Waals surface area contributed by atoms with Crippen molar-refractivity contribution in [2.24, 2.45) is 0 Å². The smallest absolute Gasteiger partial charge is 0.132 e. The van der Waals surface area contributed by atoms with Crippen LogP contribution in [0.2, 0.25) is 0 Å². The van der Waals surface area contributed by atoms with Crippen LogP contribution in [0.5, 0.6) is 5.75 Å². The molecule has 3 N–H and O–H groups in total. The number of benzene rings is 1. The lowest BCUT2D eigenvalue weighted by molar-refractivity contribution is 0.410. The van der Waals surface area contributed by atoms with Gasteiger partial charge in [-0.1, -0.05) is 13.0 Å². The topological polar surface area (TPSA) is 60.2 Å². The summed E-state index contributed by atoms with van der Waals surface area (Å²) in [5.41, 5.74) is 8.25. The normalized spacial score (nSPS) is 12.2. The van der Waals surface area contributed by atoms with Crippen molar-refractivity contribution < 1.29 is 9.13 Å². The summed E-state index contributed by atoms with van der Waals surface area (Å²) in [4.78, 5) is 4.16. The molecule has 2 rings (SSSR count). The van der Waals surface area contributed by atoms with Crippen molar-refractivity contribution in [1.82, 2.24) is 10.3 Å². The van der Waals surface area contributed by atoms with Crippen LogP contribution >= 0.6 is 0 Å². The van der Waals surface area contributed by atoms with Gasteiger partial charge in [0.25, 0.3) is 0 Å². The third-order valence-electron chi connectivity index (χ3n) is 3.32. The summed E-state index contributed by atoms with van der Waals surface area (Å²) in [6.45, 7) is 4.58. The van der Waals surface area contributed by atoms with Gasteiger partial charge in [0.15, 0.2) is 0 Å². The second-order valence-electron chi connectivity index (χ2n) is 4.87. The molecule has 0 saturated carbocycles. The highest BCUT2D eigenvalue weighted by Gasteiger charge is 2.20. The average Bonchev–Trinajstić information content (AvgIpc) is 2.48. The number of aryl methyl sites for hydroxylation is 1. The van der Waals surface area contributed by atoms with Gasteiger partial charge in [0.2, 0.25) is 0 Å². The Morgan fingerprint density at radius 1 is 1.33 bits per heavy atom. The van der Waals surface area contributed by atoms with Crippen LogP contribution in [0.3, 0.4) is 0 Å². The number of nitrogens with two attached hydrogens (primary N) is 1. The molecular formula is C16H20FN3O. The van der Waals surface area contributed by atoms with Crippen molar-refractivity contribution >= 4 is 5.82 Å². The summed E-state index contributed by atoms with van der Waals surface area (Å²) in [7, 11) is 1.51. The van der Waals surface area contributed by atoms with Gasteiger partial charge in [0.1, 0.15) is 17.4 Å². The predicted molar refractivity (Wildman–Crippen MR) is 81.9 cm³/mol. The maximum Gasteiger partial charge on any atom is 0.132 e. The van der Waals surface area contributed by atoms with Crippen molar-refractivity contribution in [2.45, 2.75) is 19.9 Å². The number of anilines is 1. The number of ether oxygens (including phenoxy) is 1. The van der Waals surface area contributed by atoms with Crippen molar-refractivity contribution in [3.63, 3.8) is 0 Å². The minimum absolute atomic E-state index is 0.332. The molecule has 0 saturated heterocycles. The van der Waals surface area contributed by atoms with Gasteiger partial charge in [-0.3, -0.25) is 0 Å². The van der Waals surface area contributed by atoms with E-state index in [1.54, 1.807) is 18.3 Å². The fraction of sp³-hybridized carbons (Fsp3) is 0.312. The largest absolute Gasteiger partial charge is 0.497 e. The second-order valence-corrected chi connectivity index (χ2v) is 4.87. The maximum absolute atomic E-state index is 14.3. The Kier molecular flexibility index (Phi) is 4.75. The van der Waals surface area contributed by atoms with Crippen LogP contribution in [0.1, 0.15) is 29.7 Å². The molecule has 112 valence electrons. The Morgan fingerprint density at radius 3 is 2.71 bits per heavy atom. The number of nitrogens with zero attached hydrogens (tertiary/aromatic N) is 1.